The summed E-state index contributed by atoms with van der Waals surface area (Å²) >= 11 is 0. The lowest BCUT2D eigenvalue weighted by Crippen LogP contribution is -2.21. The summed E-state index contributed by atoms with van der Waals surface area (Å²) in [6.45, 7) is 2.44. The van der Waals surface area contributed by atoms with Crippen molar-refractivity contribution in [1.82, 2.24) is 14.5 Å². The summed E-state index contributed by atoms with van der Waals surface area (Å²) in [6, 6.07) is 2.77. The van der Waals surface area contributed by atoms with Crippen LogP contribution in [0.4, 0.5) is 17.6 Å². The van der Waals surface area contributed by atoms with Gasteiger partial charge >= 0.3 is 0 Å². The van der Waals surface area contributed by atoms with Crippen LogP contribution < -0.4 is 5.56 Å². The van der Waals surface area contributed by atoms with Crippen LogP contribution >= 0.6 is 0 Å². The molecule has 0 saturated heterocycles. The Kier molecular flexibility index (Phi) is 5.53. The van der Waals surface area contributed by atoms with E-state index >= 15 is 0 Å². The molecule has 0 spiro atoms. The minimum absolute atomic E-state index is 0.196. The van der Waals surface area contributed by atoms with Crippen molar-refractivity contribution in [3.63, 3.8) is 0 Å². The summed E-state index contributed by atoms with van der Waals surface area (Å²) in [7, 11) is 0. The maximum atomic E-state index is 14.6. The van der Waals surface area contributed by atoms with Gasteiger partial charge in [0.05, 0.1) is 16.5 Å². The number of hydrogen-bond acceptors (Lipinski definition) is 3. The second-order valence-corrected chi connectivity index (χ2v) is 6.18. The number of hydrogen-bond donors (Lipinski definition) is 0. The fraction of sp³-hybridized carbons (Fsp3) is 0.316. The van der Waals surface area contributed by atoms with Crippen molar-refractivity contribution >= 4 is 10.8 Å². The average molecular weight is 379 g/mol. The molecular formula is C19H17F4N3O. The van der Waals surface area contributed by atoms with Crippen molar-refractivity contribution < 1.29 is 17.6 Å². The molecule has 0 amide bonds. The molecule has 2 heterocycles. The van der Waals surface area contributed by atoms with Crippen LogP contribution in [0.1, 0.15) is 38.2 Å². The van der Waals surface area contributed by atoms with Gasteiger partial charge in [-0.2, -0.15) is 0 Å². The maximum Gasteiger partial charge on any atom is 0.266 e. The van der Waals surface area contributed by atoms with E-state index in [0.29, 0.717) is 6.54 Å². The van der Waals surface area contributed by atoms with Gasteiger partial charge in [-0.15, -0.1) is 0 Å². The third-order valence-electron chi connectivity index (χ3n) is 4.31. The number of alkyl halides is 2. The van der Waals surface area contributed by atoms with E-state index in [1.807, 2.05) is 6.92 Å². The summed E-state index contributed by atoms with van der Waals surface area (Å²) < 4.78 is 55.7. The van der Waals surface area contributed by atoms with Gasteiger partial charge in [-0.3, -0.25) is 4.79 Å². The second kappa shape index (κ2) is 7.85. The third-order valence-corrected chi connectivity index (χ3v) is 4.31. The van der Waals surface area contributed by atoms with Crippen molar-refractivity contribution in [2.75, 3.05) is 0 Å². The van der Waals surface area contributed by atoms with Crippen molar-refractivity contribution in [2.24, 2.45) is 0 Å². The number of halogens is 4. The largest absolute Gasteiger partial charge is 0.315 e. The monoisotopic (exact) mass is 379 g/mol. The minimum atomic E-state index is -2.76. The molecule has 4 nitrogen and oxygen atoms in total. The quantitative estimate of drug-likeness (QED) is 0.454. The SMILES string of the molecule is CCCCCn1ccc2cc(-c3ncc(C(F)F)cn3)c(F)c(F)c2c1=O. The Morgan fingerprint density at radius 1 is 1.11 bits per heavy atom. The number of aromatic nitrogens is 3. The summed E-state index contributed by atoms with van der Waals surface area (Å²) in [4.78, 5) is 19.9. The molecule has 27 heavy (non-hydrogen) atoms. The van der Waals surface area contributed by atoms with Crippen LogP contribution in [-0.2, 0) is 6.54 Å². The summed E-state index contributed by atoms with van der Waals surface area (Å²) in [5.41, 5.74) is -1.32. The van der Waals surface area contributed by atoms with Gasteiger partial charge in [0.25, 0.3) is 12.0 Å². The first-order chi connectivity index (χ1) is 12.9. The van der Waals surface area contributed by atoms with E-state index in [1.54, 1.807) is 0 Å². The Morgan fingerprint density at radius 2 is 1.81 bits per heavy atom. The van der Waals surface area contributed by atoms with Crippen LogP contribution in [0.15, 0.2) is 35.5 Å². The molecule has 0 radical (unpaired) electrons. The molecule has 0 bridgehead atoms. The molecule has 0 aliphatic rings. The van der Waals surface area contributed by atoms with Crippen LogP contribution in [0.3, 0.4) is 0 Å². The molecule has 3 rings (SSSR count). The van der Waals surface area contributed by atoms with Crippen molar-refractivity contribution in [2.45, 2.75) is 39.2 Å². The summed E-state index contributed by atoms with van der Waals surface area (Å²) in [5, 5.41) is -0.151. The fourth-order valence-corrected chi connectivity index (χ4v) is 2.84. The van der Waals surface area contributed by atoms with Gasteiger partial charge < -0.3 is 4.57 Å². The van der Waals surface area contributed by atoms with Gasteiger partial charge in [-0.05, 0) is 23.9 Å². The Labute approximate surface area is 152 Å². The maximum absolute atomic E-state index is 14.6. The Balaban J connectivity index is 2.08. The molecule has 0 fully saturated rings. The van der Waals surface area contributed by atoms with E-state index in [9.17, 15) is 22.4 Å². The Bertz CT molecular complexity index is 1020. The van der Waals surface area contributed by atoms with E-state index in [-0.39, 0.29) is 22.2 Å². The van der Waals surface area contributed by atoms with Crippen LogP contribution in [0.2, 0.25) is 0 Å². The van der Waals surface area contributed by atoms with Crippen LogP contribution in [0.5, 0.6) is 0 Å². The smallest absolute Gasteiger partial charge is 0.266 e. The Morgan fingerprint density at radius 3 is 2.44 bits per heavy atom. The number of rotatable bonds is 6. The molecule has 0 saturated carbocycles. The number of fused-ring (bicyclic) bond motifs is 1. The molecule has 142 valence electrons. The topological polar surface area (TPSA) is 47.8 Å². The second-order valence-electron chi connectivity index (χ2n) is 6.18. The molecule has 0 aliphatic carbocycles. The number of nitrogens with zero attached hydrogens (tertiary/aromatic N) is 3. The van der Waals surface area contributed by atoms with Gasteiger partial charge in [-0.1, -0.05) is 19.8 Å². The van der Waals surface area contributed by atoms with E-state index in [2.05, 4.69) is 9.97 Å². The van der Waals surface area contributed by atoms with Gasteiger partial charge in [0.15, 0.2) is 17.5 Å². The molecule has 0 unspecified atom stereocenters. The molecule has 8 heteroatoms. The van der Waals surface area contributed by atoms with E-state index in [4.69, 9.17) is 0 Å². The van der Waals surface area contributed by atoms with E-state index in [0.717, 1.165) is 31.7 Å². The first kappa shape index (κ1) is 19.0. The number of aryl methyl sites for hydroxylation is 1. The van der Waals surface area contributed by atoms with E-state index in [1.165, 1.54) is 22.9 Å². The van der Waals surface area contributed by atoms with Gasteiger partial charge in [0, 0.05) is 25.1 Å². The number of pyridine rings is 1. The zero-order valence-corrected chi connectivity index (χ0v) is 14.6. The van der Waals surface area contributed by atoms with Crippen LogP contribution in [0, 0.1) is 11.6 Å². The van der Waals surface area contributed by atoms with Gasteiger partial charge in [0.1, 0.15) is 0 Å². The first-order valence-electron chi connectivity index (χ1n) is 8.55. The fourth-order valence-electron chi connectivity index (χ4n) is 2.84. The molecule has 0 N–H and O–H groups in total. The van der Waals surface area contributed by atoms with Crippen molar-refractivity contribution in [3.05, 3.63) is 58.3 Å². The lowest BCUT2D eigenvalue weighted by Gasteiger charge is -2.10. The molecule has 0 atom stereocenters. The van der Waals surface area contributed by atoms with Crippen molar-refractivity contribution in [3.8, 4) is 11.4 Å². The highest BCUT2D eigenvalue weighted by Crippen LogP contribution is 2.28. The molecular weight excluding hydrogens is 362 g/mol. The average Bonchev–Trinajstić information content (AvgIpc) is 2.66. The summed E-state index contributed by atoms with van der Waals surface area (Å²) in [5.74, 6) is -2.81. The third kappa shape index (κ3) is 3.70. The lowest BCUT2D eigenvalue weighted by molar-refractivity contribution is 0.150. The minimum Gasteiger partial charge on any atom is -0.315 e. The van der Waals surface area contributed by atoms with Gasteiger partial charge in [-0.25, -0.2) is 27.5 Å². The molecule has 3 aromatic rings. The predicted octanol–water partition coefficient (Wildman–Crippen LogP) is 4.86. The Hall–Kier alpha value is -2.77. The van der Waals surface area contributed by atoms with Crippen LogP contribution in [-0.4, -0.2) is 14.5 Å². The van der Waals surface area contributed by atoms with Crippen molar-refractivity contribution in [1.29, 1.82) is 0 Å². The van der Waals surface area contributed by atoms with Crippen LogP contribution in [0.25, 0.3) is 22.2 Å². The predicted molar refractivity (Wildman–Crippen MR) is 93.6 cm³/mol. The normalized spacial score (nSPS) is 11.5. The zero-order chi connectivity index (χ0) is 19.6. The standard InChI is InChI=1S/C19H17F4N3O/c1-2-3-4-6-26-7-5-11-8-13(15(20)16(21)14(11)19(26)27)18-24-9-12(10-25-18)17(22)23/h5,7-10,17H,2-4,6H2,1H3. The first-order valence-corrected chi connectivity index (χ1v) is 8.55. The van der Waals surface area contributed by atoms with E-state index < -0.39 is 29.2 Å². The number of unbranched alkanes of at least 4 members (excludes halogenated alkanes) is 2. The molecule has 2 aromatic heterocycles. The highest BCUT2D eigenvalue weighted by atomic mass is 19.3. The van der Waals surface area contributed by atoms with Gasteiger partial charge in [0.2, 0.25) is 0 Å². The number of benzene rings is 1. The summed E-state index contributed by atoms with van der Waals surface area (Å²) in [6.07, 6.45) is 3.14. The molecule has 1 aromatic carbocycles. The molecule has 0 aliphatic heterocycles. The zero-order valence-electron chi connectivity index (χ0n) is 14.6. The highest BCUT2D eigenvalue weighted by Gasteiger charge is 2.20. The highest BCUT2D eigenvalue weighted by molar-refractivity contribution is 5.86. The lowest BCUT2D eigenvalue weighted by atomic mass is 10.1.